The van der Waals surface area contributed by atoms with Gasteiger partial charge in [-0.1, -0.05) is 12.1 Å². The van der Waals surface area contributed by atoms with Crippen LogP contribution in [0.3, 0.4) is 0 Å². The monoisotopic (exact) mass is 264 g/mol. The van der Waals surface area contributed by atoms with Gasteiger partial charge in [0.25, 0.3) is 0 Å². The molecule has 0 aromatic heterocycles. The highest BCUT2D eigenvalue weighted by Gasteiger charge is 2.29. The lowest BCUT2D eigenvalue weighted by Crippen LogP contribution is -2.44. The molecule has 19 heavy (non-hydrogen) atoms. The molecule has 1 aliphatic rings. The molecule has 0 radical (unpaired) electrons. The molecule has 1 heterocycles. The van der Waals surface area contributed by atoms with Gasteiger partial charge < -0.3 is 20.5 Å². The molecule has 0 saturated carbocycles. The van der Waals surface area contributed by atoms with Crippen molar-refractivity contribution in [1.29, 1.82) is 0 Å². The van der Waals surface area contributed by atoms with E-state index in [9.17, 15) is 9.90 Å². The average Bonchev–Trinajstić information content (AvgIpc) is 2.89. The number of benzene rings is 1. The molecular weight excluding hydrogens is 244 g/mol. The molecule has 1 unspecified atom stereocenters. The van der Waals surface area contributed by atoms with E-state index < -0.39 is 6.04 Å². The van der Waals surface area contributed by atoms with Crippen LogP contribution >= 0.6 is 0 Å². The third-order valence-corrected chi connectivity index (χ3v) is 3.50. The Kier molecular flexibility index (Phi) is 4.39. The normalized spacial score (nSPS) is 20.5. The number of phenolic OH excluding ortho intramolecular Hbond substituents is 1. The summed E-state index contributed by atoms with van der Waals surface area (Å²) in [5.41, 5.74) is 6.90. The van der Waals surface area contributed by atoms with Crippen molar-refractivity contribution in [2.75, 3.05) is 20.2 Å². The highest BCUT2D eigenvalue weighted by molar-refractivity contribution is 5.82. The first-order chi connectivity index (χ1) is 9.10. The summed E-state index contributed by atoms with van der Waals surface area (Å²) in [5.74, 6) is 0.179. The number of carbonyl (C=O) groups is 1. The topological polar surface area (TPSA) is 75.8 Å². The van der Waals surface area contributed by atoms with Crippen LogP contribution in [0.4, 0.5) is 0 Å². The van der Waals surface area contributed by atoms with Gasteiger partial charge in [-0.3, -0.25) is 4.79 Å². The van der Waals surface area contributed by atoms with Crippen LogP contribution in [-0.2, 0) is 16.0 Å². The standard InChI is InChI=1S/C14H20N2O3/c1-19-12-6-7-16(9-12)14(18)13(15)8-10-2-4-11(17)5-3-10/h2-5,12-13,17H,6-9,15H2,1H3/t12?,13-/m1/s1. The molecule has 0 bridgehead atoms. The summed E-state index contributed by atoms with van der Waals surface area (Å²) in [7, 11) is 1.66. The maximum absolute atomic E-state index is 12.2. The van der Waals surface area contributed by atoms with E-state index in [0.717, 1.165) is 12.0 Å². The van der Waals surface area contributed by atoms with Crippen molar-refractivity contribution in [2.45, 2.75) is 25.0 Å². The van der Waals surface area contributed by atoms with Gasteiger partial charge in [-0.25, -0.2) is 0 Å². The summed E-state index contributed by atoms with van der Waals surface area (Å²) >= 11 is 0. The molecule has 1 aromatic carbocycles. The summed E-state index contributed by atoms with van der Waals surface area (Å²) in [6.45, 7) is 1.33. The molecule has 5 heteroatoms. The van der Waals surface area contributed by atoms with Crippen LogP contribution in [0.15, 0.2) is 24.3 Å². The second kappa shape index (κ2) is 6.04. The van der Waals surface area contributed by atoms with Crippen LogP contribution in [0, 0.1) is 0 Å². The number of aromatic hydroxyl groups is 1. The lowest BCUT2D eigenvalue weighted by molar-refractivity contribution is -0.131. The second-order valence-electron chi connectivity index (χ2n) is 4.91. The molecule has 1 aliphatic heterocycles. The van der Waals surface area contributed by atoms with Crippen molar-refractivity contribution in [2.24, 2.45) is 5.73 Å². The Bertz CT molecular complexity index is 433. The van der Waals surface area contributed by atoms with Gasteiger partial charge in [0.15, 0.2) is 0 Å². The number of carbonyl (C=O) groups excluding carboxylic acids is 1. The van der Waals surface area contributed by atoms with E-state index in [1.54, 1.807) is 36.3 Å². The molecule has 2 atom stereocenters. The van der Waals surface area contributed by atoms with E-state index in [1.807, 2.05) is 0 Å². The zero-order chi connectivity index (χ0) is 13.8. The largest absolute Gasteiger partial charge is 0.508 e. The summed E-state index contributed by atoms with van der Waals surface area (Å²) in [4.78, 5) is 13.9. The van der Waals surface area contributed by atoms with Gasteiger partial charge in [0.2, 0.25) is 5.91 Å². The number of nitrogens with zero attached hydrogens (tertiary/aromatic N) is 1. The predicted octanol–water partition coefficient (Wildman–Crippen LogP) is 0.509. The molecule has 5 nitrogen and oxygen atoms in total. The van der Waals surface area contributed by atoms with Crippen molar-refractivity contribution in [3.8, 4) is 5.75 Å². The van der Waals surface area contributed by atoms with Gasteiger partial charge in [0.05, 0.1) is 12.1 Å². The zero-order valence-electron chi connectivity index (χ0n) is 11.1. The third-order valence-electron chi connectivity index (χ3n) is 3.50. The number of hydrogen-bond acceptors (Lipinski definition) is 4. The van der Waals surface area contributed by atoms with Gasteiger partial charge in [-0.05, 0) is 30.5 Å². The number of amides is 1. The quantitative estimate of drug-likeness (QED) is 0.831. The van der Waals surface area contributed by atoms with Gasteiger partial charge in [-0.15, -0.1) is 0 Å². The summed E-state index contributed by atoms with van der Waals surface area (Å²) < 4.78 is 5.24. The van der Waals surface area contributed by atoms with Gasteiger partial charge in [0, 0.05) is 20.2 Å². The first-order valence-corrected chi connectivity index (χ1v) is 6.45. The number of hydrogen-bond donors (Lipinski definition) is 2. The van der Waals surface area contributed by atoms with Crippen LogP contribution in [0.25, 0.3) is 0 Å². The summed E-state index contributed by atoms with van der Waals surface area (Å²) in [6, 6.07) is 6.22. The molecule has 0 spiro atoms. The smallest absolute Gasteiger partial charge is 0.239 e. The van der Waals surface area contributed by atoms with Crippen molar-refractivity contribution < 1.29 is 14.6 Å². The molecule has 1 amide bonds. The Labute approximate surface area is 113 Å². The van der Waals surface area contributed by atoms with E-state index in [2.05, 4.69) is 0 Å². The molecule has 1 fully saturated rings. The third kappa shape index (κ3) is 3.45. The van der Waals surface area contributed by atoms with E-state index >= 15 is 0 Å². The average molecular weight is 264 g/mol. The maximum atomic E-state index is 12.2. The highest BCUT2D eigenvalue weighted by atomic mass is 16.5. The fourth-order valence-corrected chi connectivity index (χ4v) is 2.33. The van der Waals surface area contributed by atoms with Crippen LogP contribution in [-0.4, -0.2) is 48.3 Å². The molecule has 3 N–H and O–H groups in total. The number of nitrogens with two attached hydrogens (primary N) is 1. The lowest BCUT2D eigenvalue weighted by Gasteiger charge is -2.20. The van der Waals surface area contributed by atoms with Crippen LogP contribution in [0.1, 0.15) is 12.0 Å². The van der Waals surface area contributed by atoms with Crippen LogP contribution < -0.4 is 5.73 Å². The number of methoxy groups -OCH3 is 1. The molecule has 1 saturated heterocycles. The number of ether oxygens (including phenoxy) is 1. The number of phenols is 1. The van der Waals surface area contributed by atoms with Gasteiger partial charge in [-0.2, -0.15) is 0 Å². The molecular formula is C14H20N2O3. The summed E-state index contributed by atoms with van der Waals surface area (Å²) in [5, 5.41) is 9.21. The Morgan fingerprint density at radius 2 is 2.21 bits per heavy atom. The molecule has 1 aromatic rings. The van der Waals surface area contributed by atoms with E-state index in [4.69, 9.17) is 10.5 Å². The van der Waals surface area contributed by atoms with Crippen LogP contribution in [0.5, 0.6) is 5.75 Å². The second-order valence-corrected chi connectivity index (χ2v) is 4.91. The summed E-state index contributed by atoms with van der Waals surface area (Å²) in [6.07, 6.45) is 1.48. The SMILES string of the molecule is COC1CCN(C(=O)[C@H](N)Cc2ccc(O)cc2)C1. The van der Waals surface area contributed by atoms with Crippen LogP contribution in [0.2, 0.25) is 0 Å². The fraction of sp³-hybridized carbons (Fsp3) is 0.500. The van der Waals surface area contributed by atoms with Crippen molar-refractivity contribution in [3.05, 3.63) is 29.8 Å². The number of rotatable bonds is 4. The minimum atomic E-state index is -0.542. The van der Waals surface area contributed by atoms with Crippen molar-refractivity contribution in [1.82, 2.24) is 4.90 Å². The Morgan fingerprint density at radius 1 is 1.53 bits per heavy atom. The minimum Gasteiger partial charge on any atom is -0.508 e. The van der Waals surface area contributed by atoms with Gasteiger partial charge in [0.1, 0.15) is 5.75 Å². The molecule has 104 valence electrons. The van der Waals surface area contributed by atoms with Crippen molar-refractivity contribution >= 4 is 5.91 Å². The van der Waals surface area contributed by atoms with Gasteiger partial charge >= 0.3 is 0 Å². The van der Waals surface area contributed by atoms with E-state index in [-0.39, 0.29) is 17.8 Å². The number of likely N-dealkylation sites (tertiary alicyclic amines) is 1. The molecule has 2 rings (SSSR count). The zero-order valence-corrected chi connectivity index (χ0v) is 11.1. The molecule has 0 aliphatic carbocycles. The Hall–Kier alpha value is -1.59. The Morgan fingerprint density at radius 3 is 2.79 bits per heavy atom. The van der Waals surface area contributed by atoms with E-state index in [1.165, 1.54) is 0 Å². The van der Waals surface area contributed by atoms with E-state index in [0.29, 0.717) is 19.5 Å². The predicted molar refractivity (Wildman–Crippen MR) is 71.8 cm³/mol. The first kappa shape index (κ1) is 13.8. The fourth-order valence-electron chi connectivity index (χ4n) is 2.33. The Balaban J connectivity index is 1.91. The first-order valence-electron chi connectivity index (χ1n) is 6.45. The van der Waals surface area contributed by atoms with Crippen molar-refractivity contribution in [3.63, 3.8) is 0 Å². The lowest BCUT2D eigenvalue weighted by atomic mass is 10.1. The maximum Gasteiger partial charge on any atom is 0.239 e. The highest BCUT2D eigenvalue weighted by Crippen LogP contribution is 2.15. The minimum absolute atomic E-state index is 0.0346.